The largest absolute Gasteiger partial charge is 0.396 e. The molecule has 0 spiro atoms. The van der Waals surface area contributed by atoms with Crippen molar-refractivity contribution in [3.63, 3.8) is 0 Å². The predicted molar refractivity (Wildman–Crippen MR) is 62.0 cm³/mol. The topological polar surface area (TPSA) is 53.7 Å². The second-order valence-electron chi connectivity index (χ2n) is 3.74. The molecule has 2 aromatic carbocycles. The zero-order valence-electron chi connectivity index (χ0n) is 8.86. The molecule has 0 heterocycles. The van der Waals surface area contributed by atoms with Crippen LogP contribution >= 0.6 is 0 Å². The Morgan fingerprint density at radius 1 is 1.00 bits per heavy atom. The van der Waals surface area contributed by atoms with Gasteiger partial charge < -0.3 is 11.5 Å². The van der Waals surface area contributed by atoms with Gasteiger partial charge in [0.1, 0.15) is 11.9 Å². The highest BCUT2D eigenvalue weighted by atomic mass is 19.1. The zero-order valence-corrected chi connectivity index (χ0v) is 8.86. The smallest absolute Gasteiger partial charge is 0.146 e. The van der Waals surface area contributed by atoms with Crippen LogP contribution in [0.15, 0.2) is 48.5 Å². The molecular weight excluding hydrogens is 203 g/mol. The zero-order chi connectivity index (χ0) is 11.5. The van der Waals surface area contributed by atoms with Gasteiger partial charge in [0.25, 0.3) is 0 Å². The fourth-order valence-electron chi connectivity index (χ4n) is 1.66. The molecule has 16 heavy (non-hydrogen) atoms. The number of rotatable bonds is 2. The maximum absolute atomic E-state index is 13.0. The molecule has 2 nitrogen and oxygen atoms in total. The van der Waals surface area contributed by atoms with Crippen LogP contribution in [0, 0.1) is 5.82 Å². The van der Waals surface area contributed by atoms with Crippen LogP contribution in [-0.2, 0) is 0 Å². The normalized spacial score (nSPS) is 12.4. The van der Waals surface area contributed by atoms with Crippen molar-refractivity contribution in [3.05, 3.63) is 65.5 Å². The van der Waals surface area contributed by atoms with Gasteiger partial charge in [-0.2, -0.15) is 0 Å². The number of halogens is 1. The van der Waals surface area contributed by atoms with Gasteiger partial charge in [-0.05, 0) is 18.2 Å². The number of hydrogen-bond acceptors (Lipinski definition) is 1. The molecule has 82 valence electrons. The summed E-state index contributed by atoms with van der Waals surface area (Å²) in [7, 11) is 0. The third kappa shape index (κ3) is 2.04. The molecular formula is C13H14FN2+. The van der Waals surface area contributed by atoms with Crippen LogP contribution in [0.25, 0.3) is 0 Å². The molecule has 5 N–H and O–H groups in total. The van der Waals surface area contributed by atoms with E-state index in [0.717, 1.165) is 11.1 Å². The Morgan fingerprint density at radius 2 is 1.69 bits per heavy atom. The van der Waals surface area contributed by atoms with E-state index in [-0.39, 0.29) is 17.5 Å². The van der Waals surface area contributed by atoms with E-state index in [1.165, 1.54) is 6.07 Å². The Bertz CT molecular complexity index is 483. The number of benzene rings is 2. The minimum atomic E-state index is -0.385. The van der Waals surface area contributed by atoms with Gasteiger partial charge in [0.2, 0.25) is 0 Å². The summed E-state index contributed by atoms with van der Waals surface area (Å²) < 4.78 is 13.0. The van der Waals surface area contributed by atoms with Crippen molar-refractivity contribution in [1.82, 2.24) is 0 Å². The maximum Gasteiger partial charge on any atom is 0.146 e. The molecule has 0 aromatic heterocycles. The van der Waals surface area contributed by atoms with E-state index >= 15 is 0 Å². The summed E-state index contributed by atoms with van der Waals surface area (Å²) >= 11 is 0. The third-order valence-corrected chi connectivity index (χ3v) is 2.62. The third-order valence-electron chi connectivity index (χ3n) is 2.62. The summed E-state index contributed by atoms with van der Waals surface area (Å²) in [5, 5.41) is 0. The molecule has 0 bridgehead atoms. The highest BCUT2D eigenvalue weighted by Gasteiger charge is 2.13. The van der Waals surface area contributed by atoms with Crippen molar-refractivity contribution in [2.24, 2.45) is 0 Å². The van der Waals surface area contributed by atoms with Gasteiger partial charge in [-0.15, -0.1) is 0 Å². The Balaban J connectivity index is 2.34. The van der Waals surface area contributed by atoms with E-state index in [4.69, 9.17) is 5.73 Å². The first-order valence-electron chi connectivity index (χ1n) is 5.11. The summed E-state index contributed by atoms with van der Waals surface area (Å²) in [6, 6.07) is 14.6. The Hall–Kier alpha value is -1.87. The van der Waals surface area contributed by atoms with E-state index in [1.54, 1.807) is 12.1 Å². The van der Waals surface area contributed by atoms with Crippen LogP contribution in [-0.4, -0.2) is 0 Å². The first-order chi connectivity index (χ1) is 7.68. The van der Waals surface area contributed by atoms with E-state index in [2.05, 4.69) is 5.73 Å². The molecule has 0 radical (unpaired) electrons. The fourth-order valence-corrected chi connectivity index (χ4v) is 1.66. The van der Waals surface area contributed by atoms with E-state index < -0.39 is 0 Å². The molecule has 0 amide bonds. The quantitative estimate of drug-likeness (QED) is 0.740. The van der Waals surface area contributed by atoms with Crippen LogP contribution in [0.5, 0.6) is 0 Å². The Morgan fingerprint density at radius 3 is 2.31 bits per heavy atom. The van der Waals surface area contributed by atoms with Crippen LogP contribution in [0.3, 0.4) is 0 Å². The summed E-state index contributed by atoms with van der Waals surface area (Å²) in [6.07, 6.45) is 0. The lowest BCUT2D eigenvalue weighted by atomic mass is 9.99. The molecule has 0 aliphatic rings. The minimum absolute atomic E-state index is 0.0240. The number of nitrogens with two attached hydrogens (primary N) is 1. The van der Waals surface area contributed by atoms with Gasteiger partial charge >= 0.3 is 0 Å². The number of hydrogen-bond donors (Lipinski definition) is 2. The van der Waals surface area contributed by atoms with E-state index in [0.29, 0.717) is 0 Å². The molecule has 3 heteroatoms. The van der Waals surface area contributed by atoms with Gasteiger partial charge in [-0.25, -0.2) is 4.39 Å². The molecule has 1 atom stereocenters. The first-order valence-corrected chi connectivity index (χ1v) is 5.11. The molecule has 0 unspecified atom stereocenters. The summed E-state index contributed by atoms with van der Waals surface area (Å²) in [4.78, 5) is 0. The standard InChI is InChI=1S/C13H13FN2/c14-11-7-6-10(8-12(11)15)13(16)9-4-2-1-3-5-9/h1-8,13H,15-16H2/p+1/t13-/m0/s1. The first kappa shape index (κ1) is 10.6. The van der Waals surface area contributed by atoms with Crippen molar-refractivity contribution in [2.45, 2.75) is 6.04 Å². The second-order valence-corrected chi connectivity index (χ2v) is 3.74. The maximum atomic E-state index is 13.0. The lowest BCUT2D eigenvalue weighted by molar-refractivity contribution is -0.411. The SMILES string of the molecule is Nc1cc([C@@H]([NH3+])c2ccccc2)ccc1F. The summed E-state index contributed by atoms with van der Waals surface area (Å²) in [5.41, 5.74) is 11.8. The lowest BCUT2D eigenvalue weighted by Crippen LogP contribution is -2.54. The highest BCUT2D eigenvalue weighted by Crippen LogP contribution is 2.21. The molecule has 0 saturated heterocycles. The average molecular weight is 217 g/mol. The van der Waals surface area contributed by atoms with Crippen LogP contribution < -0.4 is 11.5 Å². The monoisotopic (exact) mass is 217 g/mol. The van der Waals surface area contributed by atoms with Crippen molar-refractivity contribution >= 4 is 5.69 Å². The van der Waals surface area contributed by atoms with E-state index in [9.17, 15) is 4.39 Å². The summed E-state index contributed by atoms with van der Waals surface area (Å²) in [5.74, 6) is -0.385. The van der Waals surface area contributed by atoms with Gasteiger partial charge in [-0.3, -0.25) is 0 Å². The van der Waals surface area contributed by atoms with Crippen molar-refractivity contribution in [1.29, 1.82) is 0 Å². The number of quaternary nitrogens is 1. The lowest BCUT2D eigenvalue weighted by Gasteiger charge is -2.10. The van der Waals surface area contributed by atoms with E-state index in [1.807, 2.05) is 30.3 Å². The van der Waals surface area contributed by atoms with Gasteiger partial charge in [0.05, 0.1) is 5.69 Å². The molecule has 0 fully saturated rings. The Kier molecular flexibility index (Phi) is 2.88. The van der Waals surface area contributed by atoms with Gasteiger partial charge in [0, 0.05) is 11.1 Å². The van der Waals surface area contributed by atoms with Crippen LogP contribution in [0.4, 0.5) is 10.1 Å². The number of nitrogen functional groups attached to an aromatic ring is 1. The Labute approximate surface area is 93.7 Å². The predicted octanol–water partition coefficient (Wildman–Crippen LogP) is 1.74. The molecule has 2 aromatic rings. The van der Waals surface area contributed by atoms with Crippen molar-refractivity contribution in [3.8, 4) is 0 Å². The molecule has 0 aliphatic heterocycles. The van der Waals surface area contributed by atoms with Crippen molar-refractivity contribution in [2.75, 3.05) is 5.73 Å². The fraction of sp³-hybridized carbons (Fsp3) is 0.0769. The molecule has 0 saturated carbocycles. The highest BCUT2D eigenvalue weighted by molar-refractivity contribution is 5.44. The molecule has 2 rings (SSSR count). The number of anilines is 1. The van der Waals surface area contributed by atoms with Crippen molar-refractivity contribution < 1.29 is 10.1 Å². The summed E-state index contributed by atoms with van der Waals surface area (Å²) in [6.45, 7) is 0. The second kappa shape index (κ2) is 4.33. The average Bonchev–Trinajstić information content (AvgIpc) is 2.33. The van der Waals surface area contributed by atoms with Crippen LogP contribution in [0.2, 0.25) is 0 Å². The van der Waals surface area contributed by atoms with Gasteiger partial charge in [-0.1, -0.05) is 30.3 Å². The minimum Gasteiger partial charge on any atom is -0.396 e. The van der Waals surface area contributed by atoms with Crippen LogP contribution in [0.1, 0.15) is 17.2 Å². The van der Waals surface area contributed by atoms with Gasteiger partial charge in [0.15, 0.2) is 0 Å². The molecule has 0 aliphatic carbocycles.